The van der Waals surface area contributed by atoms with Gasteiger partial charge in [0.05, 0.1) is 24.2 Å². The number of aromatic nitrogens is 3. The van der Waals surface area contributed by atoms with Crippen LogP contribution in [0.1, 0.15) is 36.3 Å². The van der Waals surface area contributed by atoms with Crippen molar-refractivity contribution >= 4 is 30.6 Å². The number of nitrogens with two attached hydrogens (primary N) is 2. The predicted molar refractivity (Wildman–Crippen MR) is 103 cm³/mol. The van der Waals surface area contributed by atoms with Crippen molar-refractivity contribution in [1.82, 2.24) is 14.5 Å². The van der Waals surface area contributed by atoms with Crippen molar-refractivity contribution < 1.29 is 37.9 Å². The zero-order valence-corrected chi connectivity index (χ0v) is 17.5. The smallest absolute Gasteiger partial charge is 0.385 e. The minimum absolute atomic E-state index is 0.00598. The fourth-order valence-corrected chi connectivity index (χ4v) is 4.41. The Hall–Kier alpha value is -2.12. The highest BCUT2D eigenvalue weighted by atomic mass is 31.2. The first-order valence-electron chi connectivity index (χ1n) is 9.15. The fourth-order valence-electron chi connectivity index (χ4n) is 3.16. The van der Waals surface area contributed by atoms with E-state index in [1.54, 1.807) is 20.8 Å². The first-order chi connectivity index (χ1) is 14.1. The van der Waals surface area contributed by atoms with Crippen molar-refractivity contribution in [2.24, 2.45) is 5.73 Å². The largest absolute Gasteiger partial charge is 0.477 e. The van der Waals surface area contributed by atoms with Gasteiger partial charge in [0.15, 0.2) is 12.5 Å². The molecule has 3 heterocycles. The zero-order valence-electron chi connectivity index (χ0n) is 16.6. The summed E-state index contributed by atoms with van der Waals surface area (Å²) < 4.78 is 34.8. The maximum Gasteiger partial charge on any atom is 0.477 e. The van der Waals surface area contributed by atoms with E-state index in [1.807, 2.05) is 0 Å². The third kappa shape index (κ3) is 4.05. The van der Waals surface area contributed by atoms with Crippen LogP contribution in [0.15, 0.2) is 6.20 Å². The van der Waals surface area contributed by atoms with Crippen molar-refractivity contribution in [2.75, 3.05) is 18.9 Å². The summed E-state index contributed by atoms with van der Waals surface area (Å²) in [7, 11) is -4.05. The van der Waals surface area contributed by atoms with Gasteiger partial charge < -0.3 is 31.0 Å². The molecule has 0 unspecified atom stereocenters. The summed E-state index contributed by atoms with van der Waals surface area (Å²) in [5, 5.41) is 21.1. The second kappa shape index (κ2) is 8.55. The second-order valence-electron chi connectivity index (χ2n) is 6.43. The number of rotatable bonds is 8. The quantitative estimate of drug-likeness (QED) is 0.405. The molecule has 1 aliphatic heterocycles. The number of hydrogen-bond acceptors (Lipinski definition) is 11. The average Bonchev–Trinajstić information content (AvgIpc) is 3.15. The molecular formula is C16H24N5O8P. The van der Waals surface area contributed by atoms with Crippen molar-refractivity contribution in [3.63, 3.8) is 0 Å². The first kappa shape index (κ1) is 22.6. The molecule has 6 N–H and O–H groups in total. The summed E-state index contributed by atoms with van der Waals surface area (Å²) in [6.07, 6.45) is -4.70. The number of phosphoric ester groups is 1. The van der Waals surface area contributed by atoms with Gasteiger partial charge in [0.1, 0.15) is 29.5 Å². The SMILES string of the molecule is CCOP(=O)(OCC)O[C@H]1O[C@@H](n2cc(C(N)=O)c3c(N)nc(C)nc32)[C@H](O)[C@@H]1O. The highest BCUT2D eigenvalue weighted by Gasteiger charge is 2.48. The van der Waals surface area contributed by atoms with Crippen LogP contribution < -0.4 is 11.5 Å². The number of phosphoric acid groups is 1. The summed E-state index contributed by atoms with van der Waals surface area (Å²) in [5.41, 5.74) is 11.5. The molecule has 0 aliphatic carbocycles. The number of aliphatic hydroxyl groups excluding tert-OH is 2. The molecular weight excluding hydrogens is 421 g/mol. The lowest BCUT2D eigenvalue weighted by Crippen LogP contribution is -2.32. The normalized spacial score (nSPS) is 24.6. The van der Waals surface area contributed by atoms with E-state index in [-0.39, 0.29) is 35.6 Å². The van der Waals surface area contributed by atoms with Crippen LogP contribution in [0.25, 0.3) is 11.0 Å². The van der Waals surface area contributed by atoms with Crippen molar-refractivity contribution in [3.05, 3.63) is 17.6 Å². The summed E-state index contributed by atoms with van der Waals surface area (Å²) in [4.78, 5) is 20.1. The first-order valence-corrected chi connectivity index (χ1v) is 10.6. The van der Waals surface area contributed by atoms with E-state index in [2.05, 4.69) is 9.97 Å². The molecule has 0 bridgehead atoms. The summed E-state index contributed by atoms with van der Waals surface area (Å²) in [5.74, 6) is -0.479. The van der Waals surface area contributed by atoms with Crippen molar-refractivity contribution in [2.45, 2.75) is 45.5 Å². The minimum atomic E-state index is -4.05. The predicted octanol–water partition coefficient (Wildman–Crippen LogP) is 0.195. The van der Waals surface area contributed by atoms with Crippen LogP contribution >= 0.6 is 7.82 Å². The Balaban J connectivity index is 2.00. The van der Waals surface area contributed by atoms with Gasteiger partial charge in [-0.2, -0.15) is 0 Å². The average molecular weight is 445 g/mol. The van der Waals surface area contributed by atoms with E-state index in [0.717, 1.165) is 0 Å². The van der Waals surface area contributed by atoms with Crippen LogP contribution in [-0.2, 0) is 22.9 Å². The molecule has 0 radical (unpaired) electrons. The van der Waals surface area contributed by atoms with Crippen molar-refractivity contribution in [1.29, 1.82) is 0 Å². The number of nitrogens with zero attached hydrogens (tertiary/aromatic N) is 3. The molecule has 30 heavy (non-hydrogen) atoms. The van der Waals surface area contributed by atoms with Crippen LogP contribution in [0.2, 0.25) is 0 Å². The number of ether oxygens (including phenoxy) is 1. The van der Waals surface area contributed by atoms with Gasteiger partial charge in [-0.25, -0.2) is 14.5 Å². The van der Waals surface area contributed by atoms with E-state index < -0.39 is 38.5 Å². The maximum absolute atomic E-state index is 12.6. The van der Waals surface area contributed by atoms with Gasteiger partial charge in [-0.1, -0.05) is 0 Å². The Kier molecular flexibility index (Phi) is 6.43. The standard InChI is InChI=1S/C16H24N5O8P/c1-4-26-30(25,27-5-2)29-16-11(23)10(22)15(28-16)21-6-8(13(18)24)9-12(17)19-7(3)20-14(9)21/h6,10-11,15-16,22-23H,4-5H2,1-3H3,(H2,18,24)(H2,17,19,20)/t10-,11+,15-,16-/m1/s1. The third-order valence-electron chi connectivity index (χ3n) is 4.35. The molecule has 1 amide bonds. The number of fused-ring (bicyclic) bond motifs is 1. The van der Waals surface area contributed by atoms with Crippen molar-refractivity contribution in [3.8, 4) is 0 Å². The number of nitrogen functional groups attached to an aromatic ring is 1. The molecule has 14 heteroatoms. The van der Waals surface area contributed by atoms with Gasteiger partial charge in [-0.15, -0.1) is 0 Å². The Morgan fingerprint density at radius 3 is 2.47 bits per heavy atom. The number of primary amides is 1. The van der Waals surface area contributed by atoms with E-state index in [4.69, 9.17) is 29.8 Å². The van der Waals surface area contributed by atoms with Crippen LogP contribution in [0, 0.1) is 6.92 Å². The lowest BCUT2D eigenvalue weighted by atomic mass is 10.2. The van der Waals surface area contributed by atoms with Crippen LogP contribution in [0.5, 0.6) is 0 Å². The molecule has 1 fully saturated rings. The number of hydrogen-bond donors (Lipinski definition) is 4. The molecule has 2 aromatic rings. The minimum Gasteiger partial charge on any atom is -0.385 e. The lowest BCUT2D eigenvalue weighted by molar-refractivity contribution is -0.137. The van der Waals surface area contributed by atoms with Gasteiger partial charge in [-0.05, 0) is 20.8 Å². The molecule has 0 aromatic carbocycles. The monoisotopic (exact) mass is 445 g/mol. The van der Waals surface area contributed by atoms with E-state index >= 15 is 0 Å². The summed E-state index contributed by atoms with van der Waals surface area (Å²) in [6.45, 7) is 4.80. The second-order valence-corrected chi connectivity index (χ2v) is 8.06. The fraction of sp³-hybridized carbons (Fsp3) is 0.562. The van der Waals surface area contributed by atoms with Gasteiger partial charge >= 0.3 is 7.82 Å². The molecule has 4 atom stereocenters. The summed E-state index contributed by atoms with van der Waals surface area (Å²) in [6, 6.07) is 0. The van der Waals surface area contributed by atoms with Gasteiger partial charge in [0.2, 0.25) is 0 Å². The van der Waals surface area contributed by atoms with E-state index in [0.29, 0.717) is 5.82 Å². The molecule has 2 aromatic heterocycles. The van der Waals surface area contributed by atoms with Gasteiger partial charge in [0.25, 0.3) is 5.91 Å². The topological polar surface area (TPSA) is 194 Å². The molecule has 166 valence electrons. The number of carbonyl (C=O) groups is 1. The number of aryl methyl sites for hydroxylation is 1. The molecule has 1 saturated heterocycles. The molecule has 0 spiro atoms. The number of amides is 1. The Morgan fingerprint density at radius 1 is 1.27 bits per heavy atom. The van der Waals surface area contributed by atoms with Gasteiger partial charge in [-0.3, -0.25) is 18.4 Å². The molecule has 3 rings (SSSR count). The third-order valence-corrected chi connectivity index (χ3v) is 5.97. The molecule has 13 nitrogen and oxygen atoms in total. The zero-order chi connectivity index (χ0) is 22.2. The maximum atomic E-state index is 12.6. The lowest BCUT2D eigenvalue weighted by Gasteiger charge is -2.21. The Bertz CT molecular complexity index is 988. The molecule has 0 saturated carbocycles. The summed E-state index contributed by atoms with van der Waals surface area (Å²) >= 11 is 0. The number of carbonyl (C=O) groups excluding carboxylic acids is 1. The molecule has 1 aliphatic rings. The highest BCUT2D eigenvalue weighted by molar-refractivity contribution is 7.48. The Morgan fingerprint density at radius 2 is 1.90 bits per heavy atom. The van der Waals surface area contributed by atoms with Crippen LogP contribution in [0.3, 0.4) is 0 Å². The Labute approximate surface area is 171 Å². The number of anilines is 1. The van der Waals surface area contributed by atoms with Gasteiger partial charge in [0, 0.05) is 6.20 Å². The van der Waals surface area contributed by atoms with E-state index in [1.165, 1.54) is 10.8 Å². The van der Waals surface area contributed by atoms with E-state index in [9.17, 15) is 19.6 Å². The highest BCUT2D eigenvalue weighted by Crippen LogP contribution is 2.52. The van der Waals surface area contributed by atoms with Crippen LogP contribution in [-0.4, -0.2) is 62.4 Å². The van der Waals surface area contributed by atoms with Crippen LogP contribution in [0.4, 0.5) is 5.82 Å². The number of aliphatic hydroxyl groups is 2.